The molecule has 0 atom stereocenters. The van der Waals surface area contributed by atoms with Crippen LogP contribution in [0.4, 0.5) is 10.1 Å². The first kappa shape index (κ1) is 12.9. The smallest absolute Gasteiger partial charge is 0.255 e. The monoisotopic (exact) mass is 283 g/mol. The predicted molar refractivity (Wildman–Crippen MR) is 70.8 cm³/mol. The number of carbonyl (C=O) groups excluding carboxylic acids is 1. The van der Waals surface area contributed by atoms with Gasteiger partial charge in [-0.05, 0) is 42.5 Å². The van der Waals surface area contributed by atoms with Gasteiger partial charge in [0.25, 0.3) is 5.91 Å². The van der Waals surface area contributed by atoms with Crippen molar-refractivity contribution in [3.8, 4) is 0 Å². The van der Waals surface area contributed by atoms with E-state index in [1.807, 2.05) is 0 Å². The van der Waals surface area contributed by atoms with E-state index in [-0.39, 0.29) is 5.91 Å². The van der Waals surface area contributed by atoms with E-state index in [2.05, 4.69) is 5.32 Å². The van der Waals surface area contributed by atoms with Crippen LogP contribution in [0.1, 0.15) is 10.4 Å². The van der Waals surface area contributed by atoms with Crippen LogP contribution in [0.25, 0.3) is 0 Å². The molecule has 0 fully saturated rings. The maximum atomic E-state index is 12.7. The first-order valence-electron chi connectivity index (χ1n) is 5.08. The second kappa shape index (κ2) is 5.38. The first-order valence-corrected chi connectivity index (χ1v) is 5.84. The summed E-state index contributed by atoms with van der Waals surface area (Å²) in [6.07, 6.45) is 0. The van der Waals surface area contributed by atoms with E-state index in [0.717, 1.165) is 0 Å². The minimum absolute atomic E-state index is 0.340. The lowest BCUT2D eigenvalue weighted by atomic mass is 10.2. The second-order valence-corrected chi connectivity index (χ2v) is 4.43. The molecule has 0 saturated carbocycles. The molecule has 0 aliphatic carbocycles. The van der Waals surface area contributed by atoms with E-state index in [1.165, 1.54) is 24.3 Å². The van der Waals surface area contributed by atoms with Gasteiger partial charge in [-0.3, -0.25) is 4.79 Å². The van der Waals surface area contributed by atoms with Crippen molar-refractivity contribution in [3.05, 3.63) is 63.9 Å². The van der Waals surface area contributed by atoms with Gasteiger partial charge in [-0.1, -0.05) is 23.2 Å². The zero-order valence-corrected chi connectivity index (χ0v) is 10.6. The minimum Gasteiger partial charge on any atom is -0.321 e. The Labute approximate surface area is 113 Å². The van der Waals surface area contributed by atoms with E-state index in [4.69, 9.17) is 23.2 Å². The molecular formula is C13H8Cl2FNO. The van der Waals surface area contributed by atoms with Gasteiger partial charge in [-0.25, -0.2) is 4.39 Å². The molecule has 2 aromatic carbocycles. The SMILES string of the molecule is O=C(Nc1cc(Cl)ccc1Cl)c1ccc(F)cc1. The van der Waals surface area contributed by atoms with Gasteiger partial charge in [-0.15, -0.1) is 0 Å². The number of benzene rings is 2. The number of nitrogens with one attached hydrogen (secondary N) is 1. The number of anilines is 1. The Bertz CT molecular complexity index is 584. The summed E-state index contributed by atoms with van der Waals surface area (Å²) < 4.78 is 12.7. The van der Waals surface area contributed by atoms with Gasteiger partial charge in [-0.2, -0.15) is 0 Å². The summed E-state index contributed by atoms with van der Waals surface area (Å²) >= 11 is 11.7. The molecule has 0 aromatic heterocycles. The summed E-state index contributed by atoms with van der Waals surface area (Å²) in [6.45, 7) is 0. The largest absolute Gasteiger partial charge is 0.321 e. The topological polar surface area (TPSA) is 29.1 Å². The van der Waals surface area contributed by atoms with Crippen LogP contribution in [0, 0.1) is 5.82 Å². The third kappa shape index (κ3) is 3.00. The molecule has 92 valence electrons. The number of amides is 1. The fourth-order valence-electron chi connectivity index (χ4n) is 1.39. The number of halogens is 3. The lowest BCUT2D eigenvalue weighted by molar-refractivity contribution is 0.102. The molecule has 0 unspecified atom stereocenters. The maximum absolute atomic E-state index is 12.7. The Kier molecular flexibility index (Phi) is 3.84. The zero-order valence-electron chi connectivity index (χ0n) is 9.08. The molecule has 0 bridgehead atoms. The van der Waals surface area contributed by atoms with Crippen LogP contribution < -0.4 is 5.32 Å². The highest BCUT2D eigenvalue weighted by Gasteiger charge is 2.08. The van der Waals surface area contributed by atoms with Crippen molar-refractivity contribution in [2.24, 2.45) is 0 Å². The summed E-state index contributed by atoms with van der Waals surface area (Å²) in [6, 6.07) is 9.97. The molecule has 0 aliphatic rings. The van der Waals surface area contributed by atoms with Crippen molar-refractivity contribution >= 4 is 34.8 Å². The summed E-state index contributed by atoms with van der Waals surface area (Å²) in [7, 11) is 0. The molecule has 0 radical (unpaired) electrons. The van der Waals surface area contributed by atoms with Crippen LogP contribution in [0.3, 0.4) is 0 Å². The van der Waals surface area contributed by atoms with E-state index in [9.17, 15) is 9.18 Å². The van der Waals surface area contributed by atoms with Crippen LogP contribution in [0.15, 0.2) is 42.5 Å². The maximum Gasteiger partial charge on any atom is 0.255 e. The molecule has 2 nitrogen and oxygen atoms in total. The minimum atomic E-state index is -0.396. The van der Waals surface area contributed by atoms with Crippen LogP contribution in [0.2, 0.25) is 10.0 Å². The number of hydrogen-bond acceptors (Lipinski definition) is 1. The highest BCUT2D eigenvalue weighted by Crippen LogP contribution is 2.25. The Morgan fingerprint density at radius 2 is 1.72 bits per heavy atom. The van der Waals surface area contributed by atoms with Crippen LogP contribution >= 0.6 is 23.2 Å². The van der Waals surface area contributed by atoms with Crippen molar-refractivity contribution in [1.82, 2.24) is 0 Å². The summed E-state index contributed by atoms with van der Waals surface area (Å²) in [4.78, 5) is 11.9. The Balaban J connectivity index is 2.21. The standard InChI is InChI=1S/C13H8Cl2FNO/c14-9-3-6-11(15)12(7-9)17-13(18)8-1-4-10(16)5-2-8/h1-7H,(H,17,18). The summed E-state index contributed by atoms with van der Waals surface area (Å²) in [5, 5.41) is 3.46. The van der Waals surface area contributed by atoms with E-state index in [0.29, 0.717) is 21.3 Å². The Hall–Kier alpha value is -1.58. The van der Waals surface area contributed by atoms with Gasteiger partial charge in [0, 0.05) is 10.6 Å². The Morgan fingerprint density at radius 1 is 1.06 bits per heavy atom. The summed E-state index contributed by atoms with van der Waals surface area (Å²) in [5.74, 6) is -0.772. The van der Waals surface area contributed by atoms with Gasteiger partial charge >= 0.3 is 0 Å². The molecule has 0 saturated heterocycles. The average molecular weight is 284 g/mol. The van der Waals surface area contributed by atoms with E-state index < -0.39 is 5.82 Å². The average Bonchev–Trinajstić information content (AvgIpc) is 2.34. The second-order valence-electron chi connectivity index (χ2n) is 3.59. The third-order valence-electron chi connectivity index (χ3n) is 2.28. The van der Waals surface area contributed by atoms with Crippen molar-refractivity contribution in [3.63, 3.8) is 0 Å². The summed E-state index contributed by atoms with van der Waals surface area (Å²) in [5.41, 5.74) is 0.755. The molecule has 0 aliphatic heterocycles. The highest BCUT2D eigenvalue weighted by atomic mass is 35.5. The fraction of sp³-hybridized carbons (Fsp3) is 0. The van der Waals surface area contributed by atoms with Gasteiger partial charge in [0.15, 0.2) is 0 Å². The van der Waals surface area contributed by atoms with Gasteiger partial charge in [0.2, 0.25) is 0 Å². The van der Waals surface area contributed by atoms with Crippen LogP contribution in [0.5, 0.6) is 0 Å². The van der Waals surface area contributed by atoms with Crippen LogP contribution in [-0.4, -0.2) is 5.91 Å². The molecular weight excluding hydrogens is 276 g/mol. The van der Waals surface area contributed by atoms with E-state index >= 15 is 0 Å². The fourth-order valence-corrected chi connectivity index (χ4v) is 1.73. The molecule has 18 heavy (non-hydrogen) atoms. The highest BCUT2D eigenvalue weighted by molar-refractivity contribution is 6.35. The zero-order chi connectivity index (χ0) is 13.1. The molecule has 5 heteroatoms. The molecule has 0 heterocycles. The predicted octanol–water partition coefficient (Wildman–Crippen LogP) is 4.38. The Morgan fingerprint density at radius 3 is 2.39 bits per heavy atom. The van der Waals surface area contributed by atoms with Gasteiger partial charge < -0.3 is 5.32 Å². The third-order valence-corrected chi connectivity index (χ3v) is 2.85. The molecule has 1 N–H and O–H groups in total. The lowest BCUT2D eigenvalue weighted by Gasteiger charge is -2.07. The molecule has 2 aromatic rings. The quantitative estimate of drug-likeness (QED) is 0.870. The number of hydrogen-bond donors (Lipinski definition) is 1. The van der Waals surface area contributed by atoms with Crippen LogP contribution in [-0.2, 0) is 0 Å². The molecule has 2 rings (SSSR count). The lowest BCUT2D eigenvalue weighted by Crippen LogP contribution is -2.12. The molecule has 1 amide bonds. The van der Waals surface area contributed by atoms with Crippen molar-refractivity contribution in [2.75, 3.05) is 5.32 Å². The van der Waals surface area contributed by atoms with E-state index in [1.54, 1.807) is 18.2 Å². The molecule has 0 spiro atoms. The van der Waals surface area contributed by atoms with Crippen molar-refractivity contribution < 1.29 is 9.18 Å². The normalized spacial score (nSPS) is 10.2. The first-order chi connectivity index (χ1) is 8.56. The van der Waals surface area contributed by atoms with Gasteiger partial charge in [0.1, 0.15) is 5.82 Å². The van der Waals surface area contributed by atoms with Crippen molar-refractivity contribution in [2.45, 2.75) is 0 Å². The van der Waals surface area contributed by atoms with Crippen molar-refractivity contribution in [1.29, 1.82) is 0 Å². The number of carbonyl (C=O) groups is 1. The van der Waals surface area contributed by atoms with Gasteiger partial charge in [0.05, 0.1) is 10.7 Å². The number of rotatable bonds is 2.